The molecule has 8 heteroatoms. The lowest BCUT2D eigenvalue weighted by molar-refractivity contribution is 0.881. The number of nitrogens with one attached hydrogen (secondary N) is 3. The highest BCUT2D eigenvalue weighted by Gasteiger charge is 2.07. The van der Waals surface area contributed by atoms with Crippen LogP contribution in [0, 0.1) is 6.92 Å². The fraction of sp³-hybridized carbons (Fsp3) is 0.0556. The fourth-order valence-corrected chi connectivity index (χ4v) is 3.30. The molecule has 130 valence electrons. The Morgan fingerprint density at radius 3 is 2.46 bits per heavy atom. The highest BCUT2D eigenvalue weighted by molar-refractivity contribution is 8.00. The molecule has 0 saturated heterocycles. The number of aromatic amines is 2. The van der Waals surface area contributed by atoms with E-state index in [2.05, 4.69) is 19.8 Å². The van der Waals surface area contributed by atoms with Gasteiger partial charge in [-0.15, -0.1) is 0 Å². The zero-order valence-corrected chi connectivity index (χ0v) is 14.6. The number of nitrogens with zero attached hydrogens (tertiary/aromatic N) is 2. The second-order valence-corrected chi connectivity index (χ2v) is 6.63. The molecule has 0 aliphatic heterocycles. The predicted molar refractivity (Wildman–Crippen MR) is 103 cm³/mol. The SMILES string of the molecule is Cc1cc2[nH]c(=O)c(=O)[nH]c2cc1SNc1cnn(-c2ccccc2)c1. The third-order valence-electron chi connectivity index (χ3n) is 3.90. The Morgan fingerprint density at radius 1 is 1.04 bits per heavy atom. The lowest BCUT2D eigenvalue weighted by Crippen LogP contribution is -2.28. The number of fused-ring (bicyclic) bond motifs is 1. The Labute approximate surface area is 152 Å². The van der Waals surface area contributed by atoms with E-state index in [0.29, 0.717) is 11.0 Å². The number of hydrogen-bond donors (Lipinski definition) is 3. The van der Waals surface area contributed by atoms with E-state index in [0.717, 1.165) is 21.8 Å². The van der Waals surface area contributed by atoms with Crippen LogP contribution in [0.25, 0.3) is 16.7 Å². The summed E-state index contributed by atoms with van der Waals surface area (Å²) in [5.74, 6) is 0. The van der Waals surface area contributed by atoms with Gasteiger partial charge in [0.2, 0.25) is 0 Å². The maximum absolute atomic E-state index is 11.5. The first-order chi connectivity index (χ1) is 12.6. The number of aryl methyl sites for hydroxylation is 1. The standard InChI is InChI=1S/C18H15N5O2S/c1-11-7-14-15(21-18(25)17(24)20-14)8-16(11)26-22-12-9-19-23(10-12)13-5-3-2-4-6-13/h2-10,22H,1H3,(H,20,24)(H,21,25). The van der Waals surface area contributed by atoms with Gasteiger partial charge in [-0.3, -0.25) is 9.59 Å². The highest BCUT2D eigenvalue weighted by Crippen LogP contribution is 2.27. The van der Waals surface area contributed by atoms with Gasteiger partial charge in [0.15, 0.2) is 0 Å². The molecule has 0 saturated carbocycles. The van der Waals surface area contributed by atoms with Gasteiger partial charge in [0.25, 0.3) is 0 Å². The van der Waals surface area contributed by atoms with Crippen LogP contribution in [0.5, 0.6) is 0 Å². The van der Waals surface area contributed by atoms with Crippen molar-refractivity contribution in [1.29, 1.82) is 0 Å². The lowest BCUT2D eigenvalue weighted by atomic mass is 10.2. The Balaban J connectivity index is 1.57. The Hall–Kier alpha value is -3.26. The molecule has 2 heterocycles. The van der Waals surface area contributed by atoms with Crippen LogP contribution in [0.2, 0.25) is 0 Å². The largest absolute Gasteiger partial charge is 0.323 e. The molecule has 0 amide bonds. The number of para-hydroxylation sites is 1. The molecule has 2 aromatic carbocycles. The van der Waals surface area contributed by atoms with Gasteiger partial charge in [0.05, 0.1) is 34.8 Å². The minimum absolute atomic E-state index is 0.587. The van der Waals surface area contributed by atoms with Gasteiger partial charge in [-0.25, -0.2) is 4.68 Å². The van der Waals surface area contributed by atoms with E-state index >= 15 is 0 Å². The molecule has 0 aliphatic carbocycles. The maximum Gasteiger partial charge on any atom is 0.314 e. The molecule has 7 nitrogen and oxygen atoms in total. The van der Waals surface area contributed by atoms with Crippen molar-refractivity contribution in [1.82, 2.24) is 19.7 Å². The molecule has 0 spiro atoms. The van der Waals surface area contributed by atoms with Crippen LogP contribution in [0.1, 0.15) is 5.56 Å². The van der Waals surface area contributed by atoms with Crippen LogP contribution in [-0.2, 0) is 0 Å². The van der Waals surface area contributed by atoms with Crippen molar-refractivity contribution in [2.24, 2.45) is 0 Å². The first kappa shape index (κ1) is 16.2. The van der Waals surface area contributed by atoms with E-state index in [1.165, 1.54) is 11.9 Å². The Bertz CT molecular complexity index is 1190. The second-order valence-electron chi connectivity index (χ2n) is 5.78. The van der Waals surface area contributed by atoms with Crippen LogP contribution in [0.15, 0.2) is 69.3 Å². The van der Waals surface area contributed by atoms with Gasteiger partial charge in [0, 0.05) is 4.90 Å². The summed E-state index contributed by atoms with van der Waals surface area (Å²) in [4.78, 5) is 29.1. The molecule has 0 fully saturated rings. The van der Waals surface area contributed by atoms with Crippen molar-refractivity contribution in [3.8, 4) is 5.69 Å². The van der Waals surface area contributed by atoms with Crippen molar-refractivity contribution in [2.45, 2.75) is 11.8 Å². The zero-order valence-electron chi connectivity index (χ0n) is 13.8. The molecule has 0 aliphatic rings. The molecule has 0 radical (unpaired) electrons. The molecule has 0 atom stereocenters. The molecular weight excluding hydrogens is 350 g/mol. The molecule has 4 rings (SSSR count). The maximum atomic E-state index is 11.5. The number of hydrogen-bond acceptors (Lipinski definition) is 5. The average Bonchev–Trinajstić information content (AvgIpc) is 3.11. The van der Waals surface area contributed by atoms with Crippen molar-refractivity contribution in [2.75, 3.05) is 4.72 Å². The number of rotatable bonds is 4. The lowest BCUT2D eigenvalue weighted by Gasteiger charge is -2.08. The number of benzene rings is 2. The summed E-state index contributed by atoms with van der Waals surface area (Å²) in [6, 6.07) is 13.5. The normalized spacial score (nSPS) is 11.0. The fourth-order valence-electron chi connectivity index (χ4n) is 2.57. The molecule has 0 bridgehead atoms. The van der Waals surface area contributed by atoms with Crippen molar-refractivity contribution >= 4 is 28.7 Å². The van der Waals surface area contributed by atoms with E-state index in [4.69, 9.17) is 0 Å². The minimum atomic E-state index is -0.658. The first-order valence-electron chi connectivity index (χ1n) is 7.90. The summed E-state index contributed by atoms with van der Waals surface area (Å²) in [5.41, 5.74) is 2.70. The molecule has 4 aromatic rings. The summed E-state index contributed by atoms with van der Waals surface area (Å²) in [6.45, 7) is 1.94. The predicted octanol–water partition coefficient (Wildman–Crippen LogP) is 2.83. The quantitative estimate of drug-likeness (QED) is 0.382. The molecule has 0 unspecified atom stereocenters. The summed E-state index contributed by atoms with van der Waals surface area (Å²) >= 11 is 1.42. The Kier molecular flexibility index (Phi) is 4.10. The number of anilines is 1. The monoisotopic (exact) mass is 365 g/mol. The number of H-pyrrole nitrogens is 2. The van der Waals surface area contributed by atoms with Gasteiger partial charge in [-0.1, -0.05) is 18.2 Å². The van der Waals surface area contributed by atoms with E-state index in [-0.39, 0.29) is 0 Å². The molecular formula is C18H15N5O2S. The smallest absolute Gasteiger partial charge is 0.314 e. The van der Waals surface area contributed by atoms with E-state index in [9.17, 15) is 9.59 Å². The van der Waals surface area contributed by atoms with Crippen LogP contribution >= 0.6 is 11.9 Å². The average molecular weight is 365 g/mol. The van der Waals surface area contributed by atoms with E-state index < -0.39 is 11.1 Å². The summed E-state index contributed by atoms with van der Waals surface area (Å²) in [7, 11) is 0. The van der Waals surface area contributed by atoms with Crippen molar-refractivity contribution in [3.05, 3.63) is 81.1 Å². The highest BCUT2D eigenvalue weighted by atomic mass is 32.2. The molecule has 26 heavy (non-hydrogen) atoms. The topological polar surface area (TPSA) is 95.6 Å². The number of aromatic nitrogens is 4. The minimum Gasteiger partial charge on any atom is -0.323 e. The van der Waals surface area contributed by atoms with Crippen molar-refractivity contribution in [3.63, 3.8) is 0 Å². The van der Waals surface area contributed by atoms with Crippen LogP contribution in [-0.4, -0.2) is 19.7 Å². The van der Waals surface area contributed by atoms with E-state index in [1.54, 1.807) is 10.9 Å². The molecule has 2 aromatic heterocycles. The van der Waals surface area contributed by atoms with E-state index in [1.807, 2.05) is 55.6 Å². The van der Waals surface area contributed by atoms with Gasteiger partial charge < -0.3 is 14.7 Å². The second kappa shape index (κ2) is 6.57. The third-order valence-corrected chi connectivity index (χ3v) is 4.90. The first-order valence-corrected chi connectivity index (χ1v) is 8.72. The summed E-state index contributed by atoms with van der Waals surface area (Å²) in [6.07, 6.45) is 3.65. The van der Waals surface area contributed by atoms with Gasteiger partial charge >= 0.3 is 11.1 Å². The summed E-state index contributed by atoms with van der Waals surface area (Å²) < 4.78 is 5.04. The van der Waals surface area contributed by atoms with Gasteiger partial charge in [0.1, 0.15) is 0 Å². The summed E-state index contributed by atoms with van der Waals surface area (Å²) in [5, 5.41) is 4.35. The van der Waals surface area contributed by atoms with Crippen LogP contribution < -0.4 is 15.8 Å². The zero-order chi connectivity index (χ0) is 18.1. The van der Waals surface area contributed by atoms with Crippen LogP contribution in [0.4, 0.5) is 5.69 Å². The van der Waals surface area contributed by atoms with Gasteiger partial charge in [-0.2, -0.15) is 5.10 Å². The Morgan fingerprint density at radius 2 is 1.73 bits per heavy atom. The van der Waals surface area contributed by atoms with Crippen LogP contribution in [0.3, 0.4) is 0 Å². The van der Waals surface area contributed by atoms with Crippen molar-refractivity contribution < 1.29 is 0 Å². The van der Waals surface area contributed by atoms with Gasteiger partial charge in [-0.05, 0) is 48.7 Å². The molecule has 3 N–H and O–H groups in total. The third kappa shape index (κ3) is 3.14.